The molecule has 0 radical (unpaired) electrons. The second kappa shape index (κ2) is 8.78. The molecule has 172 valence electrons. The van der Waals surface area contributed by atoms with Gasteiger partial charge in [0, 0.05) is 21.7 Å². The SMILES string of the molecule is CS(=O)(=O)N(Cc1ccc(C(=O)Nc2ccc3c4c(cccc24)CC3)cc1)c1ccc(Cl)cc1. The van der Waals surface area contributed by atoms with Crippen molar-refractivity contribution < 1.29 is 13.2 Å². The zero-order valence-electron chi connectivity index (χ0n) is 18.6. The highest BCUT2D eigenvalue weighted by Gasteiger charge is 2.19. The van der Waals surface area contributed by atoms with Gasteiger partial charge in [0.25, 0.3) is 5.91 Å². The van der Waals surface area contributed by atoms with Gasteiger partial charge in [-0.15, -0.1) is 0 Å². The third kappa shape index (κ3) is 4.39. The third-order valence-electron chi connectivity index (χ3n) is 6.18. The lowest BCUT2D eigenvalue weighted by molar-refractivity contribution is 0.102. The van der Waals surface area contributed by atoms with Crippen LogP contribution in [0.25, 0.3) is 10.8 Å². The Bertz CT molecular complexity index is 1490. The van der Waals surface area contributed by atoms with Crippen LogP contribution in [0.3, 0.4) is 0 Å². The van der Waals surface area contributed by atoms with Gasteiger partial charge in [-0.1, -0.05) is 48.0 Å². The molecule has 4 aromatic rings. The van der Waals surface area contributed by atoms with E-state index >= 15 is 0 Å². The Morgan fingerprint density at radius 2 is 1.59 bits per heavy atom. The molecule has 0 heterocycles. The molecule has 0 saturated heterocycles. The van der Waals surface area contributed by atoms with Crippen molar-refractivity contribution in [1.82, 2.24) is 0 Å². The number of sulfonamides is 1. The molecule has 0 aliphatic heterocycles. The molecule has 5 nitrogen and oxygen atoms in total. The van der Waals surface area contributed by atoms with Crippen LogP contribution >= 0.6 is 11.6 Å². The van der Waals surface area contributed by atoms with Gasteiger partial charge in [0.05, 0.1) is 18.5 Å². The van der Waals surface area contributed by atoms with E-state index in [1.165, 1.54) is 27.1 Å². The van der Waals surface area contributed by atoms with Crippen LogP contribution in [0.1, 0.15) is 27.0 Å². The van der Waals surface area contributed by atoms with Gasteiger partial charge in [-0.3, -0.25) is 9.10 Å². The van der Waals surface area contributed by atoms with Gasteiger partial charge in [0.2, 0.25) is 10.0 Å². The normalized spacial score (nSPS) is 12.6. The van der Waals surface area contributed by atoms with Crippen LogP contribution in [-0.2, 0) is 29.4 Å². The molecule has 0 atom stereocenters. The first kappa shape index (κ1) is 22.4. The molecular formula is C27H23ClN2O3S. The summed E-state index contributed by atoms with van der Waals surface area (Å²) in [5.41, 5.74) is 5.24. The van der Waals surface area contributed by atoms with Crippen LogP contribution in [0.5, 0.6) is 0 Å². The van der Waals surface area contributed by atoms with E-state index in [-0.39, 0.29) is 12.5 Å². The summed E-state index contributed by atoms with van der Waals surface area (Å²) in [6.07, 6.45) is 3.24. The minimum absolute atomic E-state index is 0.150. The van der Waals surface area contributed by atoms with Crippen LogP contribution in [-0.4, -0.2) is 20.6 Å². The van der Waals surface area contributed by atoms with Crippen molar-refractivity contribution >= 4 is 49.7 Å². The monoisotopic (exact) mass is 490 g/mol. The molecule has 1 aliphatic carbocycles. The highest BCUT2D eigenvalue weighted by molar-refractivity contribution is 7.92. The maximum Gasteiger partial charge on any atom is 0.255 e. The van der Waals surface area contributed by atoms with Crippen LogP contribution < -0.4 is 9.62 Å². The highest BCUT2D eigenvalue weighted by Crippen LogP contribution is 2.35. The van der Waals surface area contributed by atoms with Crippen molar-refractivity contribution in [2.75, 3.05) is 15.9 Å². The van der Waals surface area contributed by atoms with E-state index in [9.17, 15) is 13.2 Å². The number of nitrogens with zero attached hydrogens (tertiary/aromatic N) is 1. The number of nitrogens with one attached hydrogen (secondary N) is 1. The zero-order chi connectivity index (χ0) is 23.9. The van der Waals surface area contributed by atoms with Crippen molar-refractivity contribution in [2.45, 2.75) is 19.4 Å². The molecule has 0 aromatic heterocycles. The Labute approximate surface area is 204 Å². The molecule has 1 N–H and O–H groups in total. The number of rotatable bonds is 6. The van der Waals surface area contributed by atoms with E-state index in [4.69, 9.17) is 11.6 Å². The molecule has 0 spiro atoms. The van der Waals surface area contributed by atoms with E-state index in [2.05, 4.69) is 17.4 Å². The molecule has 1 amide bonds. The Kier molecular flexibility index (Phi) is 5.80. The first-order chi connectivity index (χ1) is 16.3. The molecule has 0 fully saturated rings. The van der Waals surface area contributed by atoms with Crippen molar-refractivity contribution in [1.29, 1.82) is 0 Å². The number of benzene rings is 4. The van der Waals surface area contributed by atoms with Gasteiger partial charge >= 0.3 is 0 Å². The van der Waals surface area contributed by atoms with Crippen LogP contribution in [0, 0.1) is 0 Å². The molecule has 7 heteroatoms. The smallest absolute Gasteiger partial charge is 0.255 e. The topological polar surface area (TPSA) is 66.5 Å². The second-order valence-corrected chi connectivity index (χ2v) is 10.9. The Hall–Kier alpha value is -3.35. The van der Waals surface area contributed by atoms with Crippen LogP contribution in [0.4, 0.5) is 11.4 Å². The average molecular weight is 491 g/mol. The number of hydrogen-bond donors (Lipinski definition) is 1. The summed E-state index contributed by atoms with van der Waals surface area (Å²) < 4.78 is 26.1. The second-order valence-electron chi connectivity index (χ2n) is 8.51. The number of hydrogen-bond acceptors (Lipinski definition) is 3. The summed E-state index contributed by atoms with van der Waals surface area (Å²) in [4.78, 5) is 13.0. The fourth-order valence-corrected chi connectivity index (χ4v) is 5.50. The van der Waals surface area contributed by atoms with Crippen LogP contribution in [0.15, 0.2) is 78.9 Å². The van der Waals surface area contributed by atoms with Crippen molar-refractivity contribution in [3.05, 3.63) is 106 Å². The van der Waals surface area contributed by atoms with Gasteiger partial charge < -0.3 is 5.32 Å². The van der Waals surface area contributed by atoms with E-state index in [1.54, 1.807) is 48.5 Å². The molecule has 0 bridgehead atoms. The highest BCUT2D eigenvalue weighted by atomic mass is 35.5. The van der Waals surface area contributed by atoms with Crippen LogP contribution in [0.2, 0.25) is 5.02 Å². The van der Waals surface area contributed by atoms with Crippen molar-refractivity contribution in [2.24, 2.45) is 0 Å². The minimum atomic E-state index is -3.51. The summed E-state index contributed by atoms with van der Waals surface area (Å²) in [5.74, 6) is -0.206. The minimum Gasteiger partial charge on any atom is -0.321 e. The number of anilines is 2. The number of amides is 1. The summed E-state index contributed by atoms with van der Waals surface area (Å²) in [6, 6.07) is 23.9. The number of carbonyl (C=O) groups excluding carboxylic acids is 1. The van der Waals surface area contributed by atoms with Gasteiger partial charge in [-0.25, -0.2) is 8.42 Å². The average Bonchev–Trinajstić information content (AvgIpc) is 3.24. The molecular weight excluding hydrogens is 468 g/mol. The van der Waals surface area contributed by atoms with Crippen molar-refractivity contribution in [3.8, 4) is 0 Å². The number of aryl methyl sites for hydroxylation is 2. The maximum atomic E-state index is 13.0. The molecule has 34 heavy (non-hydrogen) atoms. The van der Waals surface area contributed by atoms with Gasteiger partial charge in [-0.2, -0.15) is 0 Å². The summed E-state index contributed by atoms with van der Waals surface area (Å²) in [6.45, 7) is 0.150. The van der Waals surface area contributed by atoms with E-state index < -0.39 is 10.0 Å². The Morgan fingerprint density at radius 3 is 2.26 bits per heavy atom. The lowest BCUT2D eigenvalue weighted by Crippen LogP contribution is -2.29. The fourth-order valence-electron chi connectivity index (χ4n) is 4.49. The lowest BCUT2D eigenvalue weighted by Gasteiger charge is -2.22. The first-order valence-electron chi connectivity index (χ1n) is 11.0. The Morgan fingerprint density at radius 1 is 0.912 bits per heavy atom. The first-order valence-corrected chi connectivity index (χ1v) is 13.2. The number of halogens is 1. The zero-order valence-corrected chi connectivity index (χ0v) is 20.2. The number of carbonyl (C=O) groups is 1. The predicted octanol–water partition coefficient (Wildman–Crippen LogP) is 5.81. The third-order valence-corrected chi connectivity index (χ3v) is 7.57. The summed E-state index contributed by atoms with van der Waals surface area (Å²) in [7, 11) is -3.51. The fraction of sp³-hybridized carbons (Fsp3) is 0.148. The molecule has 0 saturated carbocycles. The summed E-state index contributed by atoms with van der Waals surface area (Å²) >= 11 is 5.94. The quantitative estimate of drug-likeness (QED) is 0.371. The molecule has 0 unspecified atom stereocenters. The summed E-state index contributed by atoms with van der Waals surface area (Å²) in [5, 5.41) is 5.88. The molecule has 1 aliphatic rings. The van der Waals surface area contributed by atoms with Gasteiger partial charge in [-0.05, 0) is 77.4 Å². The maximum absolute atomic E-state index is 13.0. The van der Waals surface area contributed by atoms with E-state index in [0.29, 0.717) is 16.3 Å². The predicted molar refractivity (Wildman–Crippen MR) is 138 cm³/mol. The van der Waals surface area contributed by atoms with Crippen molar-refractivity contribution in [3.63, 3.8) is 0 Å². The Balaban J connectivity index is 1.36. The largest absolute Gasteiger partial charge is 0.321 e. The molecule has 5 rings (SSSR count). The molecule has 4 aromatic carbocycles. The van der Waals surface area contributed by atoms with E-state index in [0.717, 1.165) is 29.5 Å². The van der Waals surface area contributed by atoms with Gasteiger partial charge in [0.1, 0.15) is 0 Å². The lowest BCUT2D eigenvalue weighted by atomic mass is 10.0. The van der Waals surface area contributed by atoms with E-state index in [1.807, 2.05) is 18.2 Å². The standard InChI is InChI=1S/C27H23ClN2O3S/c1-34(32,33)30(23-14-12-22(28)13-15-23)17-18-5-7-21(8-6-18)27(31)29-25-16-11-20-10-9-19-3-2-4-24(25)26(19)20/h2-8,11-16H,9-10,17H2,1H3,(H,29,31). The van der Waals surface area contributed by atoms with Gasteiger partial charge in [0.15, 0.2) is 0 Å².